The number of hydrogen-bond acceptors (Lipinski definition) is 7. The zero-order valence-electron chi connectivity index (χ0n) is 12.3. The van der Waals surface area contributed by atoms with Crippen molar-refractivity contribution >= 4 is 23.7 Å². The minimum atomic E-state index is -0.892. The van der Waals surface area contributed by atoms with E-state index in [1.807, 2.05) is 13.8 Å². The number of carbonyl (C=O) groups is 2. The van der Waals surface area contributed by atoms with Gasteiger partial charge in [-0.3, -0.25) is 10.1 Å². The van der Waals surface area contributed by atoms with Crippen LogP contribution >= 0.6 is 11.8 Å². The summed E-state index contributed by atoms with van der Waals surface area (Å²) >= 11 is 1.08. The van der Waals surface area contributed by atoms with E-state index in [-0.39, 0.29) is 11.1 Å². The Kier molecular flexibility index (Phi) is 4.86. The number of aryl methyl sites for hydroxylation is 1. The van der Waals surface area contributed by atoms with Crippen molar-refractivity contribution in [2.45, 2.75) is 31.2 Å². The number of urea groups is 1. The van der Waals surface area contributed by atoms with Gasteiger partial charge in [0, 0.05) is 0 Å². The van der Waals surface area contributed by atoms with Gasteiger partial charge in [0.1, 0.15) is 5.76 Å². The molecule has 0 unspecified atom stereocenters. The number of thioether (sulfide) groups is 1. The molecule has 0 saturated heterocycles. The maximum absolute atomic E-state index is 12.0. The summed E-state index contributed by atoms with van der Waals surface area (Å²) in [7, 11) is 0. The highest BCUT2D eigenvalue weighted by Crippen LogP contribution is 2.30. The predicted molar refractivity (Wildman–Crippen MR) is 78.9 cm³/mol. The molecule has 118 valence electrons. The largest absolute Gasteiger partial charge is 0.469 e. The second-order valence-corrected chi connectivity index (χ2v) is 5.99. The van der Waals surface area contributed by atoms with E-state index in [2.05, 4.69) is 15.5 Å². The first-order chi connectivity index (χ1) is 10.4. The topological polar surface area (TPSA) is 124 Å². The second-order valence-electron chi connectivity index (χ2n) is 4.90. The molecule has 0 fully saturated rings. The fourth-order valence-electron chi connectivity index (χ4n) is 1.77. The Morgan fingerprint density at radius 1 is 1.36 bits per heavy atom. The maximum atomic E-state index is 12.0. The second kappa shape index (κ2) is 6.65. The van der Waals surface area contributed by atoms with Gasteiger partial charge in [0.2, 0.25) is 5.91 Å². The van der Waals surface area contributed by atoms with E-state index >= 15 is 0 Å². The van der Waals surface area contributed by atoms with Crippen LogP contribution in [0.5, 0.6) is 0 Å². The Hall–Kier alpha value is -2.29. The van der Waals surface area contributed by atoms with Crippen LogP contribution in [0.15, 0.2) is 26.4 Å². The first kappa shape index (κ1) is 16.1. The van der Waals surface area contributed by atoms with Crippen LogP contribution < -0.4 is 11.1 Å². The lowest BCUT2D eigenvalue weighted by Gasteiger charge is -2.16. The van der Waals surface area contributed by atoms with Gasteiger partial charge in [0.15, 0.2) is 0 Å². The van der Waals surface area contributed by atoms with E-state index in [0.717, 1.165) is 11.8 Å². The Balaban J connectivity index is 2.14. The molecule has 0 saturated carbocycles. The molecule has 9 heteroatoms. The number of rotatable bonds is 5. The van der Waals surface area contributed by atoms with Crippen LogP contribution in [0.3, 0.4) is 0 Å². The van der Waals surface area contributed by atoms with E-state index in [1.54, 1.807) is 13.0 Å². The van der Waals surface area contributed by atoms with Gasteiger partial charge in [0.05, 0.1) is 17.1 Å². The van der Waals surface area contributed by atoms with Gasteiger partial charge in [0.25, 0.3) is 11.1 Å². The highest BCUT2D eigenvalue weighted by molar-refractivity contribution is 8.00. The average molecular weight is 324 g/mol. The number of nitrogens with two attached hydrogens (primary N) is 1. The van der Waals surface area contributed by atoms with Crippen molar-refractivity contribution in [1.29, 1.82) is 0 Å². The molecule has 0 aliphatic carbocycles. The van der Waals surface area contributed by atoms with E-state index in [4.69, 9.17) is 14.6 Å². The van der Waals surface area contributed by atoms with Crippen molar-refractivity contribution in [3.63, 3.8) is 0 Å². The number of aromatic nitrogens is 2. The highest BCUT2D eigenvalue weighted by atomic mass is 32.2. The van der Waals surface area contributed by atoms with Crippen LogP contribution in [0.4, 0.5) is 4.79 Å². The summed E-state index contributed by atoms with van der Waals surface area (Å²) in [6, 6.07) is 0.827. The number of furan rings is 1. The lowest BCUT2D eigenvalue weighted by atomic mass is 10.1. The number of nitrogens with zero attached hydrogens (tertiary/aromatic N) is 2. The van der Waals surface area contributed by atoms with Crippen molar-refractivity contribution in [3.05, 3.63) is 18.1 Å². The van der Waals surface area contributed by atoms with E-state index in [9.17, 15) is 9.59 Å². The zero-order chi connectivity index (χ0) is 16.3. The summed E-state index contributed by atoms with van der Waals surface area (Å²) in [6.45, 7) is 5.47. The van der Waals surface area contributed by atoms with Gasteiger partial charge in [-0.05, 0) is 18.9 Å². The smallest absolute Gasteiger partial charge is 0.318 e. The molecule has 0 aromatic carbocycles. The summed E-state index contributed by atoms with van der Waals surface area (Å²) in [6.07, 6.45) is 1.53. The number of primary amides is 1. The number of imide groups is 1. The van der Waals surface area contributed by atoms with E-state index in [0.29, 0.717) is 17.2 Å². The van der Waals surface area contributed by atoms with Gasteiger partial charge >= 0.3 is 6.03 Å². The van der Waals surface area contributed by atoms with Crippen LogP contribution in [0, 0.1) is 12.8 Å². The zero-order valence-corrected chi connectivity index (χ0v) is 13.1. The summed E-state index contributed by atoms with van der Waals surface area (Å²) in [4.78, 5) is 22.8. The molecular formula is C13H16N4O4S. The van der Waals surface area contributed by atoms with Gasteiger partial charge in [-0.1, -0.05) is 25.6 Å². The summed E-state index contributed by atoms with van der Waals surface area (Å²) < 4.78 is 10.7. The van der Waals surface area contributed by atoms with Crippen LogP contribution in [0.2, 0.25) is 0 Å². The highest BCUT2D eigenvalue weighted by Gasteiger charge is 2.27. The fourth-order valence-corrected chi connectivity index (χ4v) is 2.64. The SMILES string of the molecule is Cc1occc1-c1nnc(S[C@@H](C(=O)NC(N)=O)C(C)C)o1. The molecule has 0 aliphatic rings. The minimum Gasteiger partial charge on any atom is -0.469 e. The average Bonchev–Trinajstić information content (AvgIpc) is 3.03. The Labute approximate surface area is 130 Å². The third kappa shape index (κ3) is 3.67. The molecule has 2 rings (SSSR count). The molecule has 1 atom stereocenters. The molecule has 22 heavy (non-hydrogen) atoms. The summed E-state index contributed by atoms with van der Waals surface area (Å²) in [5.74, 6) is 0.417. The van der Waals surface area contributed by atoms with Crippen molar-refractivity contribution < 1.29 is 18.4 Å². The van der Waals surface area contributed by atoms with Gasteiger partial charge in [-0.25, -0.2) is 4.79 Å². The summed E-state index contributed by atoms with van der Waals surface area (Å²) in [5, 5.41) is 9.55. The monoisotopic (exact) mass is 324 g/mol. The predicted octanol–water partition coefficient (Wildman–Crippen LogP) is 1.95. The van der Waals surface area contributed by atoms with Crippen molar-refractivity contribution in [2.24, 2.45) is 11.7 Å². The van der Waals surface area contributed by atoms with Gasteiger partial charge in [-0.15, -0.1) is 10.2 Å². The van der Waals surface area contributed by atoms with Crippen molar-refractivity contribution in [3.8, 4) is 11.5 Å². The van der Waals surface area contributed by atoms with Crippen LogP contribution in [-0.4, -0.2) is 27.4 Å². The van der Waals surface area contributed by atoms with E-state index < -0.39 is 17.2 Å². The molecule has 0 aliphatic heterocycles. The normalized spacial score (nSPS) is 12.4. The Morgan fingerprint density at radius 2 is 2.09 bits per heavy atom. The number of amides is 3. The molecule has 0 bridgehead atoms. The van der Waals surface area contributed by atoms with Crippen LogP contribution in [0.1, 0.15) is 19.6 Å². The molecule has 3 amide bonds. The maximum Gasteiger partial charge on any atom is 0.318 e. The van der Waals surface area contributed by atoms with Crippen LogP contribution in [0.25, 0.3) is 11.5 Å². The summed E-state index contributed by atoms with van der Waals surface area (Å²) in [5.41, 5.74) is 5.66. The molecule has 8 nitrogen and oxygen atoms in total. The van der Waals surface area contributed by atoms with Crippen molar-refractivity contribution in [2.75, 3.05) is 0 Å². The van der Waals surface area contributed by atoms with Crippen molar-refractivity contribution in [1.82, 2.24) is 15.5 Å². The molecule has 3 N–H and O–H groups in total. The third-order valence-electron chi connectivity index (χ3n) is 2.83. The first-order valence-electron chi connectivity index (χ1n) is 6.53. The quantitative estimate of drug-likeness (QED) is 0.805. The van der Waals surface area contributed by atoms with Gasteiger partial charge in [-0.2, -0.15) is 0 Å². The van der Waals surface area contributed by atoms with Crippen LogP contribution in [-0.2, 0) is 4.79 Å². The Morgan fingerprint density at radius 3 is 2.64 bits per heavy atom. The molecule has 2 aromatic rings. The third-order valence-corrected chi connectivity index (χ3v) is 4.21. The fraction of sp³-hybridized carbons (Fsp3) is 0.385. The lowest BCUT2D eigenvalue weighted by molar-refractivity contribution is -0.120. The number of hydrogen-bond donors (Lipinski definition) is 2. The number of nitrogens with one attached hydrogen (secondary N) is 1. The van der Waals surface area contributed by atoms with E-state index in [1.165, 1.54) is 6.26 Å². The molecule has 2 heterocycles. The molecule has 0 radical (unpaired) electrons. The number of carbonyl (C=O) groups excluding carboxylic acids is 2. The molecule has 0 spiro atoms. The Bertz CT molecular complexity index is 679. The molecular weight excluding hydrogens is 308 g/mol. The van der Waals surface area contributed by atoms with Gasteiger partial charge < -0.3 is 14.6 Å². The molecule has 2 aromatic heterocycles. The standard InChI is InChI=1S/C13H16N4O4S/c1-6(2)9(10(18)15-12(14)19)22-13-17-16-11(21-13)8-4-5-20-7(8)3/h4-6,9H,1-3H3,(H3,14,15,18,19)/t9-/m1/s1. The lowest BCUT2D eigenvalue weighted by Crippen LogP contribution is -2.42. The minimum absolute atomic E-state index is 0.0599. The first-order valence-corrected chi connectivity index (χ1v) is 7.41.